The van der Waals surface area contributed by atoms with E-state index < -0.39 is 80.7 Å². The molecule has 0 saturated carbocycles. The molecule has 428 valence electrons. The van der Waals surface area contributed by atoms with Gasteiger partial charge in [0.1, 0.15) is 40.2 Å². The topological polar surface area (TPSA) is 235 Å². The van der Waals surface area contributed by atoms with Crippen molar-refractivity contribution in [3.63, 3.8) is 0 Å². The highest BCUT2D eigenvalue weighted by atomic mass is 79.9. The number of carbonyl (C=O) groups excluding carboxylic acids is 5. The number of aliphatic hydroxyl groups excluding tert-OH is 1. The van der Waals surface area contributed by atoms with E-state index in [0.717, 1.165) is 36.4 Å². The number of aliphatic hydroxyl groups is 1. The lowest BCUT2D eigenvalue weighted by molar-refractivity contribution is -0.157. The quantitative estimate of drug-likeness (QED) is 0.0263. The molecule has 0 fully saturated rings. The number of amides is 1. The van der Waals surface area contributed by atoms with Gasteiger partial charge in [-0.05, 0) is 113 Å². The maximum atomic E-state index is 12.6. The second-order valence-electron chi connectivity index (χ2n) is 18.4. The Morgan fingerprint density at radius 1 is 0.590 bits per heavy atom. The van der Waals surface area contributed by atoms with Gasteiger partial charge in [-0.2, -0.15) is 44.8 Å². The van der Waals surface area contributed by atoms with E-state index in [1.54, 1.807) is 48.5 Å². The van der Waals surface area contributed by atoms with Crippen LogP contribution in [0.25, 0.3) is 22.5 Å². The minimum Gasteiger partial charge on any atom is -0.465 e. The van der Waals surface area contributed by atoms with Gasteiger partial charge in [-0.25, -0.2) is 9.97 Å². The lowest BCUT2D eigenvalue weighted by atomic mass is 9.93. The van der Waals surface area contributed by atoms with E-state index in [9.17, 15) is 68.6 Å². The van der Waals surface area contributed by atoms with Gasteiger partial charge in [0, 0.05) is 16.7 Å². The van der Waals surface area contributed by atoms with Crippen molar-refractivity contribution in [3.05, 3.63) is 119 Å². The highest BCUT2D eigenvalue weighted by molar-refractivity contribution is 9.09. The molecule has 0 atom stereocenters. The number of aromatic nitrogens is 2. The summed E-state index contributed by atoms with van der Waals surface area (Å²) >= 11 is 2.94. The number of benzene rings is 3. The number of Topliss-reactive ketones (excluding diaryl/α,β-unsaturated/α-hetero) is 1. The smallest absolute Gasteiger partial charge is 0.416 e. The maximum absolute atomic E-state index is 12.6. The van der Waals surface area contributed by atoms with Gasteiger partial charge in [0.05, 0.1) is 59.9 Å². The summed E-state index contributed by atoms with van der Waals surface area (Å²) < 4.78 is 136. The van der Waals surface area contributed by atoms with Crippen LogP contribution in [0.1, 0.15) is 115 Å². The predicted molar refractivity (Wildman–Crippen MR) is 269 cm³/mol. The minimum atomic E-state index is -4.39. The van der Waals surface area contributed by atoms with Gasteiger partial charge in [0.2, 0.25) is 17.7 Å². The van der Waals surface area contributed by atoms with Gasteiger partial charge >= 0.3 is 36.4 Å². The molecular weight excluding hydrogens is 1120 g/mol. The van der Waals surface area contributed by atoms with Gasteiger partial charge in [0.25, 0.3) is 0 Å². The first-order chi connectivity index (χ1) is 35.8. The number of hydrogen-bond donors (Lipinski definition) is 2. The molecule has 3 aromatic carbocycles. The van der Waals surface area contributed by atoms with Crippen molar-refractivity contribution in [2.24, 2.45) is 16.6 Å². The van der Waals surface area contributed by atoms with Crippen molar-refractivity contribution in [1.82, 2.24) is 9.97 Å². The molecule has 2 aromatic heterocycles. The zero-order valence-electron chi connectivity index (χ0n) is 44.3. The average molecular weight is 1180 g/mol. The fourth-order valence-corrected chi connectivity index (χ4v) is 5.55. The molecule has 0 spiro atoms. The summed E-state index contributed by atoms with van der Waals surface area (Å²) in [5.74, 6) is -1.94. The average Bonchev–Trinajstić information content (AvgIpc) is 4.10. The zero-order chi connectivity index (χ0) is 60.3. The molecule has 0 radical (unpaired) electrons. The summed E-state index contributed by atoms with van der Waals surface area (Å²) in [6.07, 6.45) is -10.4. The van der Waals surface area contributed by atoms with Gasteiger partial charge < -0.3 is 33.9 Å². The number of nitrogens with zero attached hydrogens (tertiary/aromatic N) is 3. The minimum absolute atomic E-state index is 0.109. The molecule has 5 aromatic rings. The molecule has 2 heterocycles. The highest BCUT2D eigenvalue weighted by Crippen LogP contribution is 2.34. The third-order valence-electron chi connectivity index (χ3n) is 10.4. The number of nitrogens with two attached hydrogens (primary N) is 1. The molecule has 5 rings (SSSR count). The fraction of sp³-hybridized carbons (Fsp3) is 0.434. The van der Waals surface area contributed by atoms with E-state index in [1.165, 1.54) is 76.6 Å². The molecule has 0 saturated heterocycles. The summed E-state index contributed by atoms with van der Waals surface area (Å²) in [6, 6.07) is 15.2. The third-order valence-corrected chi connectivity index (χ3v) is 11.0. The van der Waals surface area contributed by atoms with Crippen molar-refractivity contribution in [2.75, 3.05) is 31.8 Å². The Morgan fingerprint density at radius 2 is 0.936 bits per heavy atom. The SMILES string of the molecule is CC(C)(CO)c1nc(-c2ccc(C(F)(F)F)cc2)co1.CCOC(=O)C(C)(C)C#N.CCOC(=O)C(C)(C)C(N)=O.CCOC(=O)C(C)(C)c1nc(-c2ccc(C(F)(F)F)cc2)co1.O=C(CBr)c1ccc(C(F)(F)F)cc1. The Hall–Kier alpha value is -7.07. The number of carbonyl (C=O) groups is 5. The Balaban J connectivity index is 0.000000507. The number of ether oxygens (including phenoxy) is 3. The number of rotatable bonds is 14. The summed E-state index contributed by atoms with van der Waals surface area (Å²) in [6.45, 7) is 18.4. The Labute approximate surface area is 452 Å². The molecule has 1 amide bonds. The second-order valence-corrected chi connectivity index (χ2v) is 19.0. The largest absolute Gasteiger partial charge is 0.465 e. The first kappa shape index (κ1) is 68.9. The van der Waals surface area contributed by atoms with Crippen LogP contribution in [0, 0.1) is 22.2 Å². The molecule has 15 nitrogen and oxygen atoms in total. The van der Waals surface area contributed by atoms with Crippen LogP contribution in [-0.4, -0.2) is 76.4 Å². The first-order valence-electron chi connectivity index (χ1n) is 23.2. The Morgan fingerprint density at radius 3 is 1.27 bits per heavy atom. The van der Waals surface area contributed by atoms with E-state index in [2.05, 4.69) is 35.4 Å². The lowest BCUT2D eigenvalue weighted by Crippen LogP contribution is -2.39. The van der Waals surface area contributed by atoms with Crippen molar-refractivity contribution < 1.29 is 91.6 Å². The monoisotopic (exact) mass is 1180 g/mol. The molecule has 0 bridgehead atoms. The highest BCUT2D eigenvalue weighted by Gasteiger charge is 2.38. The second kappa shape index (κ2) is 29.1. The number of esters is 3. The van der Waals surface area contributed by atoms with Crippen molar-refractivity contribution in [2.45, 2.75) is 106 Å². The summed E-state index contributed by atoms with van der Waals surface area (Å²) in [5.41, 5.74) is 0.895. The zero-order valence-corrected chi connectivity index (χ0v) is 45.9. The number of alkyl halides is 10. The van der Waals surface area contributed by atoms with Crippen LogP contribution in [0.15, 0.2) is 94.2 Å². The van der Waals surface area contributed by atoms with Gasteiger partial charge in [0.15, 0.2) is 5.78 Å². The molecule has 25 heteroatoms. The van der Waals surface area contributed by atoms with Crippen LogP contribution in [0.4, 0.5) is 39.5 Å². The van der Waals surface area contributed by atoms with Crippen LogP contribution < -0.4 is 5.73 Å². The number of oxazole rings is 2. The van der Waals surface area contributed by atoms with Gasteiger partial charge in [-0.15, -0.1) is 0 Å². The molecule has 78 heavy (non-hydrogen) atoms. The third kappa shape index (κ3) is 20.7. The molecule has 0 aliphatic rings. The normalized spacial score (nSPS) is 11.8. The number of hydrogen-bond acceptors (Lipinski definition) is 14. The van der Waals surface area contributed by atoms with Crippen LogP contribution in [0.3, 0.4) is 0 Å². The maximum Gasteiger partial charge on any atom is 0.416 e. The van der Waals surface area contributed by atoms with Crippen molar-refractivity contribution in [1.29, 1.82) is 5.26 Å². The van der Waals surface area contributed by atoms with Crippen LogP contribution in [0.5, 0.6) is 0 Å². The van der Waals surface area contributed by atoms with E-state index in [1.807, 2.05) is 6.07 Å². The number of halogens is 10. The van der Waals surface area contributed by atoms with E-state index in [-0.39, 0.29) is 42.4 Å². The van der Waals surface area contributed by atoms with Crippen molar-refractivity contribution in [3.8, 4) is 28.6 Å². The summed E-state index contributed by atoms with van der Waals surface area (Å²) in [5, 5.41) is 17.8. The summed E-state index contributed by atoms with van der Waals surface area (Å²) in [7, 11) is 0. The van der Waals surface area contributed by atoms with Gasteiger partial charge in [-0.3, -0.25) is 24.0 Å². The standard InChI is InChI=1S/C16H16F3NO3.C14H14F3NO2.C9H6BrF3O.C7H13NO3.C7H11NO2/c1-4-22-14(21)15(2,3)13-20-12(9-23-13)10-5-7-11(8-6-10)16(17,18)19;1-13(2,8-19)12-18-11(7-20-12)9-3-5-10(6-4-9)14(15,16)17;10-5-8(14)6-1-3-7(4-2-6)9(11,12)13;1-4-11-6(10)7(2,3)5(8)9;1-4-10-6(9)7(2,3)5-8/h5-9H,4H2,1-3H3;3-7,19H,8H2,1-2H3;1-4H,5H2;4H2,1-3H3,(H2,8,9);4H2,1-3H3. The van der Waals surface area contributed by atoms with E-state index in [0.29, 0.717) is 35.0 Å². The lowest BCUT2D eigenvalue weighted by Gasteiger charge is -2.17. The number of nitriles is 1. The Bertz CT molecular complexity index is 2780. The van der Waals surface area contributed by atoms with Crippen LogP contribution in [-0.2, 0) is 62.7 Å². The first-order valence-corrected chi connectivity index (χ1v) is 24.3. The fourth-order valence-electron chi connectivity index (χ4n) is 5.23. The van der Waals surface area contributed by atoms with Gasteiger partial charge in [-0.1, -0.05) is 52.3 Å². The van der Waals surface area contributed by atoms with E-state index in [4.69, 9.17) is 24.6 Å². The predicted octanol–water partition coefficient (Wildman–Crippen LogP) is 12.3. The van der Waals surface area contributed by atoms with Crippen LogP contribution in [0.2, 0.25) is 0 Å². The number of primary amides is 1. The molecular formula is C53H60BrF9N4O11. The molecule has 0 aliphatic heterocycles. The van der Waals surface area contributed by atoms with E-state index >= 15 is 0 Å². The molecule has 3 N–H and O–H groups in total. The van der Waals surface area contributed by atoms with Crippen LogP contribution >= 0.6 is 15.9 Å². The number of ketones is 1. The molecule has 0 unspecified atom stereocenters. The summed E-state index contributed by atoms with van der Waals surface area (Å²) in [4.78, 5) is 63.9. The van der Waals surface area contributed by atoms with Crippen molar-refractivity contribution >= 4 is 45.5 Å². The molecule has 0 aliphatic carbocycles. The Kier molecular flexibility index (Phi) is 25.7.